The highest BCUT2D eigenvalue weighted by Gasteiger charge is 2.13. The van der Waals surface area contributed by atoms with Gasteiger partial charge in [0.05, 0.1) is 4.92 Å². The third kappa shape index (κ3) is 3.19. The van der Waals surface area contributed by atoms with Crippen LogP contribution in [0.2, 0.25) is 0 Å². The SMILES string of the molecule is CCN(CC)C(=O)Nc1ccc([N+](=O)[O-])cc1C. The van der Waals surface area contributed by atoms with Gasteiger partial charge in [0.2, 0.25) is 0 Å². The monoisotopic (exact) mass is 251 g/mol. The van der Waals surface area contributed by atoms with Crippen LogP contribution in [-0.2, 0) is 0 Å². The van der Waals surface area contributed by atoms with E-state index in [1.165, 1.54) is 12.1 Å². The Balaban J connectivity index is 2.86. The number of nitro benzene ring substituents is 1. The van der Waals surface area contributed by atoms with Crippen LogP contribution in [0.5, 0.6) is 0 Å². The molecule has 18 heavy (non-hydrogen) atoms. The van der Waals surface area contributed by atoms with Crippen LogP contribution >= 0.6 is 0 Å². The van der Waals surface area contributed by atoms with Crippen molar-refractivity contribution < 1.29 is 9.72 Å². The molecule has 6 heteroatoms. The zero-order valence-electron chi connectivity index (χ0n) is 10.8. The lowest BCUT2D eigenvalue weighted by Gasteiger charge is -2.19. The molecule has 0 aliphatic carbocycles. The van der Waals surface area contributed by atoms with Crippen LogP contribution in [0.1, 0.15) is 19.4 Å². The van der Waals surface area contributed by atoms with Gasteiger partial charge in [-0.1, -0.05) is 0 Å². The van der Waals surface area contributed by atoms with Crippen molar-refractivity contribution in [3.8, 4) is 0 Å². The van der Waals surface area contributed by atoms with Crippen LogP contribution < -0.4 is 5.32 Å². The molecule has 6 nitrogen and oxygen atoms in total. The normalized spacial score (nSPS) is 9.94. The van der Waals surface area contributed by atoms with Crippen molar-refractivity contribution >= 4 is 17.4 Å². The summed E-state index contributed by atoms with van der Waals surface area (Å²) in [5.74, 6) is 0. The molecule has 0 saturated heterocycles. The Labute approximate surface area is 106 Å². The minimum Gasteiger partial charge on any atom is -0.325 e. The first-order valence-corrected chi connectivity index (χ1v) is 5.80. The fourth-order valence-electron chi connectivity index (χ4n) is 1.61. The number of hydrogen-bond donors (Lipinski definition) is 1. The molecule has 0 unspecified atom stereocenters. The van der Waals surface area contributed by atoms with Crippen molar-refractivity contribution in [1.29, 1.82) is 0 Å². The van der Waals surface area contributed by atoms with Crippen molar-refractivity contribution in [2.75, 3.05) is 18.4 Å². The average molecular weight is 251 g/mol. The van der Waals surface area contributed by atoms with Crippen LogP contribution in [0, 0.1) is 17.0 Å². The van der Waals surface area contributed by atoms with Crippen LogP contribution in [0.4, 0.5) is 16.2 Å². The van der Waals surface area contributed by atoms with E-state index in [1.54, 1.807) is 17.9 Å². The number of aryl methyl sites for hydroxylation is 1. The van der Waals surface area contributed by atoms with Crippen LogP contribution in [0.25, 0.3) is 0 Å². The van der Waals surface area contributed by atoms with E-state index in [-0.39, 0.29) is 11.7 Å². The molecule has 2 amide bonds. The molecule has 0 atom stereocenters. The third-order valence-electron chi connectivity index (χ3n) is 2.71. The van der Waals surface area contributed by atoms with Crippen molar-refractivity contribution in [1.82, 2.24) is 4.90 Å². The summed E-state index contributed by atoms with van der Waals surface area (Å²) in [7, 11) is 0. The van der Waals surface area contributed by atoms with Crippen molar-refractivity contribution in [2.24, 2.45) is 0 Å². The van der Waals surface area contributed by atoms with E-state index in [2.05, 4.69) is 5.32 Å². The summed E-state index contributed by atoms with van der Waals surface area (Å²) in [6.07, 6.45) is 0. The highest BCUT2D eigenvalue weighted by Crippen LogP contribution is 2.21. The number of rotatable bonds is 4. The van der Waals surface area contributed by atoms with Gasteiger partial charge in [-0.05, 0) is 32.4 Å². The van der Waals surface area contributed by atoms with E-state index in [9.17, 15) is 14.9 Å². The van der Waals surface area contributed by atoms with Crippen molar-refractivity contribution in [3.05, 3.63) is 33.9 Å². The topological polar surface area (TPSA) is 75.5 Å². The van der Waals surface area contributed by atoms with Gasteiger partial charge in [-0.2, -0.15) is 0 Å². The first kappa shape index (κ1) is 14.0. The molecule has 1 aromatic carbocycles. The fraction of sp³-hybridized carbons (Fsp3) is 0.417. The van der Waals surface area contributed by atoms with Gasteiger partial charge in [0.15, 0.2) is 0 Å². The summed E-state index contributed by atoms with van der Waals surface area (Å²) < 4.78 is 0. The Morgan fingerprint density at radius 2 is 2.00 bits per heavy atom. The quantitative estimate of drug-likeness (QED) is 0.660. The number of hydrogen-bond acceptors (Lipinski definition) is 3. The molecule has 0 aliphatic rings. The number of amides is 2. The summed E-state index contributed by atoms with van der Waals surface area (Å²) in [6.45, 7) is 6.76. The highest BCUT2D eigenvalue weighted by atomic mass is 16.6. The molecule has 1 aromatic rings. The standard InChI is InChI=1S/C12H17N3O3/c1-4-14(5-2)12(16)13-11-7-6-10(15(17)18)8-9(11)3/h6-8H,4-5H2,1-3H3,(H,13,16). The van der Waals surface area contributed by atoms with Gasteiger partial charge in [0.1, 0.15) is 0 Å². The molecule has 0 fully saturated rings. The second-order valence-electron chi connectivity index (χ2n) is 3.86. The van der Waals surface area contributed by atoms with E-state index in [0.29, 0.717) is 24.3 Å². The average Bonchev–Trinajstić information content (AvgIpc) is 2.33. The number of benzene rings is 1. The van der Waals surface area contributed by atoms with Crippen LogP contribution in [-0.4, -0.2) is 28.9 Å². The van der Waals surface area contributed by atoms with Crippen LogP contribution in [0.15, 0.2) is 18.2 Å². The summed E-state index contributed by atoms with van der Waals surface area (Å²) in [6, 6.07) is 4.18. The van der Waals surface area contributed by atoms with Crippen molar-refractivity contribution in [2.45, 2.75) is 20.8 Å². The lowest BCUT2D eigenvalue weighted by Crippen LogP contribution is -2.34. The second-order valence-corrected chi connectivity index (χ2v) is 3.86. The maximum atomic E-state index is 11.8. The molecular formula is C12H17N3O3. The van der Waals surface area contributed by atoms with E-state index in [0.717, 1.165) is 0 Å². The molecule has 0 radical (unpaired) electrons. The number of nitro groups is 1. The Hall–Kier alpha value is -2.11. The minimum absolute atomic E-state index is 0.0216. The molecule has 1 rings (SSSR count). The molecule has 0 heterocycles. The Morgan fingerprint density at radius 1 is 1.39 bits per heavy atom. The molecule has 0 spiro atoms. The van der Waals surface area contributed by atoms with Gasteiger partial charge in [-0.25, -0.2) is 4.79 Å². The zero-order valence-corrected chi connectivity index (χ0v) is 10.8. The number of carbonyl (C=O) groups excluding carboxylic acids is 1. The lowest BCUT2D eigenvalue weighted by atomic mass is 10.2. The third-order valence-corrected chi connectivity index (χ3v) is 2.71. The van der Waals surface area contributed by atoms with Crippen molar-refractivity contribution in [3.63, 3.8) is 0 Å². The second kappa shape index (κ2) is 6.00. The summed E-state index contributed by atoms with van der Waals surface area (Å²) in [5, 5.41) is 13.3. The number of carbonyl (C=O) groups is 1. The van der Waals surface area contributed by atoms with Gasteiger partial charge >= 0.3 is 6.03 Å². The van der Waals surface area contributed by atoms with Gasteiger partial charge < -0.3 is 10.2 Å². The van der Waals surface area contributed by atoms with Gasteiger partial charge in [-0.15, -0.1) is 0 Å². The Bertz CT molecular complexity index is 456. The zero-order chi connectivity index (χ0) is 13.7. The molecule has 0 saturated carbocycles. The van der Waals surface area contributed by atoms with E-state index < -0.39 is 4.92 Å². The molecule has 1 N–H and O–H groups in total. The number of non-ortho nitro benzene ring substituents is 1. The molecule has 0 aromatic heterocycles. The van der Waals surface area contributed by atoms with Gasteiger partial charge in [0, 0.05) is 30.9 Å². The lowest BCUT2D eigenvalue weighted by molar-refractivity contribution is -0.384. The Morgan fingerprint density at radius 3 is 2.44 bits per heavy atom. The summed E-state index contributed by atoms with van der Waals surface area (Å²) >= 11 is 0. The first-order chi connectivity index (χ1) is 8.49. The largest absolute Gasteiger partial charge is 0.325 e. The summed E-state index contributed by atoms with van der Waals surface area (Å²) in [5.41, 5.74) is 1.29. The minimum atomic E-state index is -0.455. The first-order valence-electron chi connectivity index (χ1n) is 5.80. The maximum Gasteiger partial charge on any atom is 0.321 e. The van der Waals surface area contributed by atoms with Gasteiger partial charge in [-0.3, -0.25) is 10.1 Å². The summed E-state index contributed by atoms with van der Waals surface area (Å²) in [4.78, 5) is 23.6. The fourth-order valence-corrected chi connectivity index (χ4v) is 1.61. The number of anilines is 1. The van der Waals surface area contributed by atoms with E-state index >= 15 is 0 Å². The van der Waals surface area contributed by atoms with E-state index in [4.69, 9.17) is 0 Å². The van der Waals surface area contributed by atoms with Gasteiger partial charge in [0.25, 0.3) is 5.69 Å². The molecule has 98 valence electrons. The Kier molecular flexibility index (Phi) is 4.65. The van der Waals surface area contributed by atoms with E-state index in [1.807, 2.05) is 13.8 Å². The predicted molar refractivity (Wildman–Crippen MR) is 69.8 cm³/mol. The molecular weight excluding hydrogens is 234 g/mol. The number of nitrogens with zero attached hydrogens (tertiary/aromatic N) is 2. The predicted octanol–water partition coefficient (Wildman–Crippen LogP) is 2.78. The number of urea groups is 1. The smallest absolute Gasteiger partial charge is 0.321 e. The maximum absolute atomic E-state index is 11.8. The van der Waals surface area contributed by atoms with Crippen LogP contribution in [0.3, 0.4) is 0 Å². The highest BCUT2D eigenvalue weighted by molar-refractivity contribution is 5.90. The molecule has 0 aliphatic heterocycles. The number of nitrogens with one attached hydrogen (secondary N) is 1. The molecule has 0 bridgehead atoms.